The molecule has 1 saturated heterocycles. The lowest BCUT2D eigenvalue weighted by atomic mass is 9.87. The summed E-state index contributed by atoms with van der Waals surface area (Å²) < 4.78 is 68.6. The summed E-state index contributed by atoms with van der Waals surface area (Å²) in [6, 6.07) is 25.4. The van der Waals surface area contributed by atoms with E-state index >= 15 is 0 Å². The minimum Gasteiger partial charge on any atom is -0.371 e. The maximum absolute atomic E-state index is 14.4. The van der Waals surface area contributed by atoms with Crippen molar-refractivity contribution in [2.75, 3.05) is 29.9 Å². The Bertz CT molecular complexity index is 1790. The van der Waals surface area contributed by atoms with Crippen LogP contribution in [0.2, 0.25) is 0 Å². The average molecular weight is 662 g/mol. The van der Waals surface area contributed by atoms with Gasteiger partial charge in [0.25, 0.3) is 5.91 Å². The molecule has 2 aliphatic rings. The molecule has 0 saturated carbocycles. The Balaban J connectivity index is 1.49. The number of nitrogens with one attached hydrogen (secondary N) is 2. The third kappa shape index (κ3) is 7.22. The number of alkyl halides is 5. The molecule has 6 rings (SSSR count). The molecule has 48 heavy (non-hydrogen) atoms. The Hall–Kier alpha value is -4.73. The van der Waals surface area contributed by atoms with E-state index < -0.39 is 42.8 Å². The molecule has 4 aromatic carbocycles. The van der Waals surface area contributed by atoms with Gasteiger partial charge < -0.3 is 15.5 Å². The number of rotatable bonds is 9. The van der Waals surface area contributed by atoms with Crippen LogP contribution in [0.15, 0.2) is 84.9 Å². The average Bonchev–Trinajstić information content (AvgIpc) is 3.42. The largest absolute Gasteiger partial charge is 0.405 e. The molecular weight excluding hydrogens is 625 g/mol. The molecule has 10 heteroatoms. The fraction of sp³-hybridized carbons (Fsp3) is 0.316. The van der Waals surface area contributed by atoms with Crippen LogP contribution >= 0.6 is 0 Å². The van der Waals surface area contributed by atoms with Gasteiger partial charge in [-0.1, -0.05) is 66.7 Å². The maximum Gasteiger partial charge on any atom is 0.405 e. The molecular formula is C38H36F5N3O2. The van der Waals surface area contributed by atoms with Crippen molar-refractivity contribution in [2.45, 2.75) is 57.0 Å². The number of carbonyl (C=O) groups excluding carboxylic acids is 2. The van der Waals surface area contributed by atoms with Gasteiger partial charge in [-0.25, -0.2) is 8.78 Å². The van der Waals surface area contributed by atoms with Crippen molar-refractivity contribution in [3.05, 3.63) is 107 Å². The summed E-state index contributed by atoms with van der Waals surface area (Å²) in [7, 11) is 0. The number of anilines is 2. The minimum atomic E-state index is -4.64. The zero-order valence-corrected chi connectivity index (χ0v) is 26.5. The van der Waals surface area contributed by atoms with Gasteiger partial charge >= 0.3 is 6.18 Å². The molecule has 0 bridgehead atoms. The molecule has 1 aliphatic heterocycles. The molecule has 0 radical (unpaired) electrons. The highest BCUT2D eigenvalue weighted by Gasteiger charge is 2.41. The summed E-state index contributed by atoms with van der Waals surface area (Å²) in [5.41, 5.74) is 5.60. The summed E-state index contributed by atoms with van der Waals surface area (Å²) in [5.74, 6) is -5.52. The molecule has 1 fully saturated rings. The van der Waals surface area contributed by atoms with E-state index in [1.165, 1.54) is 0 Å². The van der Waals surface area contributed by atoms with E-state index in [1.54, 1.807) is 42.5 Å². The van der Waals surface area contributed by atoms with Gasteiger partial charge in [-0.2, -0.15) is 13.2 Å². The summed E-state index contributed by atoms with van der Waals surface area (Å²) in [6.07, 6.45) is -2.54. The van der Waals surface area contributed by atoms with Crippen molar-refractivity contribution in [3.8, 4) is 22.3 Å². The summed E-state index contributed by atoms with van der Waals surface area (Å²) in [5, 5.41) is 5.06. The normalized spacial score (nSPS) is 15.9. The van der Waals surface area contributed by atoms with Crippen LogP contribution in [0.5, 0.6) is 0 Å². The van der Waals surface area contributed by atoms with Gasteiger partial charge in [0.2, 0.25) is 11.8 Å². The first-order chi connectivity index (χ1) is 22.9. The highest BCUT2D eigenvalue weighted by Crippen LogP contribution is 2.53. The summed E-state index contributed by atoms with van der Waals surface area (Å²) >= 11 is 0. The molecule has 1 atom stereocenters. The number of fused-ring (bicyclic) bond motifs is 3. The number of halogens is 5. The summed E-state index contributed by atoms with van der Waals surface area (Å²) in [6.45, 7) is 0.575. The Morgan fingerprint density at radius 3 is 2.15 bits per heavy atom. The van der Waals surface area contributed by atoms with Crippen molar-refractivity contribution in [2.24, 2.45) is 0 Å². The molecule has 250 valence electrons. The maximum atomic E-state index is 14.4. The fourth-order valence-electron chi connectivity index (χ4n) is 6.79. The third-order valence-corrected chi connectivity index (χ3v) is 9.02. The standard InChI is InChI=1S/C38H36F5N3O2/c1-37(39,40)19-18-29-31(46-20-8-3-9-21-46)22-30(45-35(47)26-16-14-25(15-17-26)24-10-4-2-5-11-24)32-27-12-6-7-13-28(27)34(33(29)32)36(48)44-23-38(41,42)43/h2,4-7,10-17,22,34H,3,8-9,18-21,23H2,1H3,(H,44,48)(H,45,47). The van der Waals surface area contributed by atoms with Crippen LogP contribution in [0.1, 0.15) is 65.6 Å². The van der Waals surface area contributed by atoms with Crippen molar-refractivity contribution >= 4 is 23.2 Å². The zero-order chi connectivity index (χ0) is 34.1. The second-order valence-corrected chi connectivity index (χ2v) is 12.6. The van der Waals surface area contributed by atoms with Crippen molar-refractivity contribution in [1.82, 2.24) is 5.32 Å². The van der Waals surface area contributed by atoms with E-state index in [9.17, 15) is 31.5 Å². The van der Waals surface area contributed by atoms with Crippen LogP contribution in [0, 0.1) is 0 Å². The van der Waals surface area contributed by atoms with Gasteiger partial charge in [-0.15, -0.1) is 0 Å². The lowest BCUT2D eigenvalue weighted by molar-refractivity contribution is -0.138. The quantitative estimate of drug-likeness (QED) is 0.176. The smallest absolute Gasteiger partial charge is 0.371 e. The van der Waals surface area contributed by atoms with Crippen molar-refractivity contribution in [1.29, 1.82) is 0 Å². The molecule has 2 amide bonds. The molecule has 4 aromatic rings. The van der Waals surface area contributed by atoms with Gasteiger partial charge in [-0.05, 0) is 84.2 Å². The topological polar surface area (TPSA) is 61.4 Å². The number of carbonyl (C=O) groups is 2. The van der Waals surface area contributed by atoms with E-state index in [4.69, 9.17) is 0 Å². The SMILES string of the molecule is CC(F)(F)CCc1c(N2CCCCC2)cc(NC(=O)c2ccc(-c3ccccc3)cc2)c2c1C(C(=O)NCC(F)(F)F)c1ccccc1-2. The zero-order valence-electron chi connectivity index (χ0n) is 26.5. The molecule has 2 N–H and O–H groups in total. The number of piperidine rings is 1. The third-order valence-electron chi connectivity index (χ3n) is 9.02. The van der Waals surface area contributed by atoms with Crippen LogP contribution < -0.4 is 15.5 Å². The first-order valence-corrected chi connectivity index (χ1v) is 16.1. The van der Waals surface area contributed by atoms with Gasteiger partial charge in [0, 0.05) is 36.3 Å². The molecule has 1 unspecified atom stereocenters. The Labute approximate surface area is 276 Å². The van der Waals surface area contributed by atoms with E-state index in [-0.39, 0.29) is 6.42 Å². The number of hydrogen-bond donors (Lipinski definition) is 2. The highest BCUT2D eigenvalue weighted by atomic mass is 19.4. The number of amides is 2. The first kappa shape index (κ1) is 33.2. The predicted molar refractivity (Wildman–Crippen MR) is 178 cm³/mol. The van der Waals surface area contributed by atoms with E-state index in [2.05, 4.69) is 10.2 Å². The Morgan fingerprint density at radius 1 is 0.833 bits per heavy atom. The van der Waals surface area contributed by atoms with Crippen LogP contribution in [0.3, 0.4) is 0 Å². The monoisotopic (exact) mass is 661 g/mol. The van der Waals surface area contributed by atoms with Gasteiger partial charge in [0.05, 0.1) is 11.6 Å². The minimum absolute atomic E-state index is 0.107. The highest BCUT2D eigenvalue weighted by molar-refractivity contribution is 6.10. The Kier molecular flexibility index (Phi) is 9.27. The molecule has 0 spiro atoms. The number of hydrogen-bond acceptors (Lipinski definition) is 3. The lowest BCUT2D eigenvalue weighted by Gasteiger charge is -2.33. The van der Waals surface area contributed by atoms with Crippen LogP contribution in [0.25, 0.3) is 22.3 Å². The lowest BCUT2D eigenvalue weighted by Crippen LogP contribution is -2.37. The van der Waals surface area contributed by atoms with Crippen LogP contribution in [0.4, 0.5) is 33.3 Å². The fourth-order valence-corrected chi connectivity index (χ4v) is 6.79. The molecule has 1 aliphatic carbocycles. The molecule has 0 aromatic heterocycles. The van der Waals surface area contributed by atoms with Crippen LogP contribution in [-0.4, -0.2) is 43.5 Å². The summed E-state index contributed by atoms with van der Waals surface area (Å²) in [4.78, 5) is 29.6. The predicted octanol–water partition coefficient (Wildman–Crippen LogP) is 8.97. The first-order valence-electron chi connectivity index (χ1n) is 16.1. The van der Waals surface area contributed by atoms with Gasteiger partial charge in [0.15, 0.2) is 0 Å². The van der Waals surface area contributed by atoms with E-state index in [0.29, 0.717) is 57.8 Å². The van der Waals surface area contributed by atoms with Gasteiger partial charge in [0.1, 0.15) is 6.54 Å². The van der Waals surface area contributed by atoms with Crippen LogP contribution in [-0.2, 0) is 11.2 Å². The van der Waals surface area contributed by atoms with Crippen molar-refractivity contribution in [3.63, 3.8) is 0 Å². The van der Waals surface area contributed by atoms with E-state index in [0.717, 1.165) is 37.3 Å². The van der Waals surface area contributed by atoms with Gasteiger partial charge in [-0.3, -0.25) is 9.59 Å². The second-order valence-electron chi connectivity index (χ2n) is 12.6. The number of nitrogens with zero attached hydrogens (tertiary/aromatic N) is 1. The van der Waals surface area contributed by atoms with E-state index in [1.807, 2.05) is 47.8 Å². The molecule has 1 heterocycles. The number of benzene rings is 4. The molecule has 5 nitrogen and oxygen atoms in total. The second kappa shape index (κ2) is 13.4. The Morgan fingerprint density at radius 2 is 1.48 bits per heavy atom. The van der Waals surface area contributed by atoms with Crippen molar-refractivity contribution < 1.29 is 31.5 Å².